The van der Waals surface area contributed by atoms with Crippen LogP contribution < -0.4 is 5.32 Å². The summed E-state index contributed by atoms with van der Waals surface area (Å²) in [4.78, 5) is 14.5. The molecule has 3 atom stereocenters. The van der Waals surface area contributed by atoms with Gasteiger partial charge in [-0.1, -0.05) is 12.1 Å². The minimum Gasteiger partial charge on any atom is -0.351 e. The fourth-order valence-electron chi connectivity index (χ4n) is 3.31. The molecule has 0 bridgehead atoms. The van der Waals surface area contributed by atoms with Crippen LogP contribution in [0.2, 0.25) is 0 Å². The SMILES string of the molecule is CC1CCC(C)N1C(C)C(=O)NCc1cccc(C(F)(F)F)c1. The molecule has 23 heavy (non-hydrogen) atoms. The van der Waals surface area contributed by atoms with E-state index in [1.165, 1.54) is 6.07 Å². The number of nitrogens with zero attached hydrogens (tertiary/aromatic N) is 1. The molecule has 0 spiro atoms. The van der Waals surface area contributed by atoms with Crippen molar-refractivity contribution in [3.05, 3.63) is 35.4 Å². The van der Waals surface area contributed by atoms with Crippen LogP contribution in [0.25, 0.3) is 0 Å². The van der Waals surface area contributed by atoms with Crippen LogP contribution in [-0.2, 0) is 17.5 Å². The highest BCUT2D eigenvalue weighted by atomic mass is 19.4. The van der Waals surface area contributed by atoms with E-state index in [4.69, 9.17) is 0 Å². The van der Waals surface area contributed by atoms with Gasteiger partial charge in [-0.15, -0.1) is 0 Å². The Morgan fingerprint density at radius 3 is 2.48 bits per heavy atom. The molecule has 0 aromatic heterocycles. The fraction of sp³-hybridized carbons (Fsp3) is 0.588. The Kier molecular flexibility index (Phi) is 5.34. The van der Waals surface area contributed by atoms with Crippen molar-refractivity contribution in [3.63, 3.8) is 0 Å². The van der Waals surface area contributed by atoms with Gasteiger partial charge in [0.15, 0.2) is 0 Å². The molecule has 1 N–H and O–H groups in total. The summed E-state index contributed by atoms with van der Waals surface area (Å²) in [6, 6.07) is 5.46. The Bertz CT molecular complexity index is 549. The molecule has 0 saturated carbocycles. The van der Waals surface area contributed by atoms with Gasteiger partial charge in [0.2, 0.25) is 5.91 Å². The van der Waals surface area contributed by atoms with Crippen molar-refractivity contribution in [2.24, 2.45) is 0 Å². The highest BCUT2D eigenvalue weighted by Crippen LogP contribution is 2.29. The van der Waals surface area contributed by atoms with Crippen molar-refractivity contribution in [2.75, 3.05) is 0 Å². The molecule has 1 saturated heterocycles. The lowest BCUT2D eigenvalue weighted by molar-refractivity contribution is -0.137. The summed E-state index contributed by atoms with van der Waals surface area (Å²) < 4.78 is 38.1. The number of benzene rings is 1. The molecule has 6 heteroatoms. The maximum atomic E-state index is 12.7. The third-order valence-corrected chi connectivity index (χ3v) is 4.57. The highest BCUT2D eigenvalue weighted by molar-refractivity contribution is 5.81. The predicted molar refractivity (Wildman–Crippen MR) is 82.7 cm³/mol. The van der Waals surface area contributed by atoms with Gasteiger partial charge in [-0.3, -0.25) is 9.69 Å². The van der Waals surface area contributed by atoms with E-state index >= 15 is 0 Å². The molecule has 1 aromatic rings. The maximum Gasteiger partial charge on any atom is 0.416 e. The lowest BCUT2D eigenvalue weighted by Crippen LogP contribution is -2.48. The maximum absolute atomic E-state index is 12.7. The van der Waals surface area contributed by atoms with E-state index < -0.39 is 11.7 Å². The highest BCUT2D eigenvalue weighted by Gasteiger charge is 2.34. The summed E-state index contributed by atoms with van der Waals surface area (Å²) in [5.41, 5.74) is -0.248. The van der Waals surface area contributed by atoms with Crippen molar-refractivity contribution in [1.29, 1.82) is 0 Å². The summed E-state index contributed by atoms with van der Waals surface area (Å²) >= 11 is 0. The Balaban J connectivity index is 1.96. The number of nitrogens with one attached hydrogen (secondary N) is 1. The molecule has 3 unspecified atom stereocenters. The number of hydrogen-bond donors (Lipinski definition) is 1. The molecule has 0 radical (unpaired) electrons. The molecule has 1 heterocycles. The van der Waals surface area contributed by atoms with E-state index in [1.807, 2.05) is 6.92 Å². The number of likely N-dealkylation sites (tertiary alicyclic amines) is 1. The summed E-state index contributed by atoms with van der Waals surface area (Å²) in [6.45, 7) is 6.14. The van der Waals surface area contributed by atoms with Gasteiger partial charge in [-0.2, -0.15) is 13.2 Å². The number of alkyl halides is 3. The van der Waals surface area contributed by atoms with Crippen molar-refractivity contribution >= 4 is 5.91 Å². The number of hydrogen-bond acceptors (Lipinski definition) is 2. The van der Waals surface area contributed by atoms with Gasteiger partial charge in [0.05, 0.1) is 11.6 Å². The summed E-state index contributed by atoms with van der Waals surface area (Å²) in [7, 11) is 0. The van der Waals surface area contributed by atoms with Crippen molar-refractivity contribution in [3.8, 4) is 0 Å². The van der Waals surface area contributed by atoms with Crippen molar-refractivity contribution in [1.82, 2.24) is 10.2 Å². The molecule has 1 fully saturated rings. The van der Waals surface area contributed by atoms with E-state index in [-0.39, 0.29) is 18.5 Å². The zero-order valence-corrected chi connectivity index (χ0v) is 13.7. The number of halogens is 3. The first-order valence-corrected chi connectivity index (χ1v) is 7.91. The monoisotopic (exact) mass is 328 g/mol. The molecule has 1 aromatic carbocycles. The van der Waals surface area contributed by atoms with Crippen LogP contribution in [0.3, 0.4) is 0 Å². The van der Waals surface area contributed by atoms with Crippen molar-refractivity contribution in [2.45, 2.75) is 64.5 Å². The molecular formula is C17H23F3N2O. The summed E-state index contributed by atoms with van der Waals surface area (Å²) in [6.07, 6.45) is -2.24. The lowest BCUT2D eigenvalue weighted by atomic mass is 10.1. The van der Waals surface area contributed by atoms with E-state index in [0.29, 0.717) is 17.6 Å². The van der Waals surface area contributed by atoms with Crippen LogP contribution in [0.5, 0.6) is 0 Å². The summed E-state index contributed by atoms with van der Waals surface area (Å²) in [5.74, 6) is -0.150. The molecule has 1 aliphatic heterocycles. The average Bonchev–Trinajstić information content (AvgIpc) is 2.82. The zero-order chi connectivity index (χ0) is 17.2. The Hall–Kier alpha value is -1.56. The summed E-state index contributed by atoms with van der Waals surface area (Å²) in [5, 5.41) is 2.75. The van der Waals surface area contributed by atoms with E-state index in [2.05, 4.69) is 24.1 Å². The third-order valence-electron chi connectivity index (χ3n) is 4.57. The largest absolute Gasteiger partial charge is 0.416 e. The molecule has 1 amide bonds. The first kappa shape index (κ1) is 17.8. The second kappa shape index (κ2) is 6.91. The Morgan fingerprint density at radius 1 is 1.30 bits per heavy atom. The van der Waals surface area contributed by atoms with Crippen molar-refractivity contribution < 1.29 is 18.0 Å². The fourth-order valence-corrected chi connectivity index (χ4v) is 3.31. The van der Waals surface area contributed by atoms with E-state index in [9.17, 15) is 18.0 Å². The normalized spacial score (nSPS) is 23.7. The second-order valence-corrected chi connectivity index (χ2v) is 6.31. The smallest absolute Gasteiger partial charge is 0.351 e. The topological polar surface area (TPSA) is 32.3 Å². The van der Waals surface area contributed by atoms with Gasteiger partial charge in [-0.25, -0.2) is 0 Å². The van der Waals surface area contributed by atoms with Gasteiger partial charge < -0.3 is 5.32 Å². The lowest BCUT2D eigenvalue weighted by Gasteiger charge is -2.31. The van der Waals surface area contributed by atoms with Crippen LogP contribution in [0, 0.1) is 0 Å². The van der Waals surface area contributed by atoms with Gasteiger partial charge in [-0.05, 0) is 51.3 Å². The Morgan fingerprint density at radius 2 is 1.91 bits per heavy atom. The van der Waals surface area contributed by atoms with Gasteiger partial charge >= 0.3 is 6.18 Å². The minimum absolute atomic E-state index is 0.101. The molecule has 128 valence electrons. The van der Waals surface area contributed by atoms with Crippen LogP contribution in [0.1, 0.15) is 44.7 Å². The standard InChI is InChI=1S/C17H23F3N2O/c1-11-7-8-12(2)22(11)13(3)16(23)21-10-14-5-4-6-15(9-14)17(18,19)20/h4-6,9,11-13H,7-8,10H2,1-3H3,(H,21,23). The number of rotatable bonds is 4. The van der Waals surface area contributed by atoms with Crippen LogP contribution >= 0.6 is 0 Å². The first-order chi connectivity index (χ1) is 10.7. The molecular weight excluding hydrogens is 305 g/mol. The van der Waals surface area contributed by atoms with Gasteiger partial charge in [0.25, 0.3) is 0 Å². The third kappa shape index (κ3) is 4.25. The quantitative estimate of drug-likeness (QED) is 0.916. The first-order valence-electron chi connectivity index (χ1n) is 7.91. The van der Waals surface area contributed by atoms with Gasteiger partial charge in [0, 0.05) is 18.6 Å². The number of carbonyl (C=O) groups is 1. The molecule has 3 nitrogen and oxygen atoms in total. The van der Waals surface area contributed by atoms with Crippen LogP contribution in [0.15, 0.2) is 24.3 Å². The zero-order valence-electron chi connectivity index (χ0n) is 13.7. The Labute approximate surface area is 134 Å². The van der Waals surface area contributed by atoms with Crippen LogP contribution in [-0.4, -0.2) is 28.9 Å². The molecule has 2 rings (SSSR count). The predicted octanol–water partition coefficient (Wildman–Crippen LogP) is 3.58. The van der Waals surface area contributed by atoms with E-state index in [0.717, 1.165) is 25.0 Å². The average molecular weight is 328 g/mol. The molecule has 0 aliphatic carbocycles. The van der Waals surface area contributed by atoms with Crippen LogP contribution in [0.4, 0.5) is 13.2 Å². The second-order valence-electron chi connectivity index (χ2n) is 6.31. The minimum atomic E-state index is -4.37. The number of amides is 1. The van der Waals surface area contributed by atoms with E-state index in [1.54, 1.807) is 6.07 Å². The molecule has 1 aliphatic rings. The van der Waals surface area contributed by atoms with Gasteiger partial charge in [0.1, 0.15) is 0 Å². The number of carbonyl (C=O) groups excluding carboxylic acids is 1.